The molecule has 96 valence electrons. The molecule has 5 atom stereocenters. The Kier molecular flexibility index (Phi) is 4.66. The summed E-state index contributed by atoms with van der Waals surface area (Å²) in [6.45, 7) is 1.32. The van der Waals surface area contributed by atoms with Gasteiger partial charge in [-0.05, 0) is 6.42 Å². The van der Waals surface area contributed by atoms with Gasteiger partial charge in [-0.3, -0.25) is 0 Å². The summed E-state index contributed by atoms with van der Waals surface area (Å²) >= 11 is 0. The van der Waals surface area contributed by atoms with Crippen LogP contribution in [0.25, 0.3) is 0 Å². The van der Waals surface area contributed by atoms with Gasteiger partial charge in [-0.15, -0.1) is 0 Å². The van der Waals surface area contributed by atoms with Crippen LogP contribution in [0, 0.1) is 0 Å². The Hall–Kier alpha value is -0.240. The van der Waals surface area contributed by atoms with Gasteiger partial charge in [0, 0.05) is 0 Å². The highest BCUT2D eigenvalue weighted by atomic mass is 16.7. The van der Waals surface area contributed by atoms with Crippen molar-refractivity contribution in [2.24, 2.45) is 0 Å². The summed E-state index contributed by atoms with van der Waals surface area (Å²) in [6, 6.07) is 0. The van der Waals surface area contributed by atoms with Gasteiger partial charge in [0.1, 0.15) is 23.9 Å². The molecule has 0 aromatic carbocycles. The monoisotopic (exact) mass is 236 g/mol. The first-order chi connectivity index (χ1) is 7.47. The summed E-state index contributed by atoms with van der Waals surface area (Å²) in [5.41, 5.74) is -1.71. The van der Waals surface area contributed by atoms with Gasteiger partial charge in [0.25, 0.3) is 0 Å². The zero-order chi connectivity index (χ0) is 12.3. The molecule has 0 aromatic heterocycles. The van der Waals surface area contributed by atoms with Crippen LogP contribution in [-0.4, -0.2) is 62.3 Å². The highest BCUT2D eigenvalue weighted by molar-refractivity contribution is 5.03. The molecule has 5 N–H and O–H groups in total. The lowest BCUT2D eigenvalue weighted by atomic mass is 9.85. The molecule has 0 bridgehead atoms. The van der Waals surface area contributed by atoms with Crippen molar-refractivity contribution in [3.63, 3.8) is 0 Å². The maximum atomic E-state index is 10.2. The topological polar surface area (TPSA) is 110 Å². The minimum absolute atomic E-state index is 0.198. The van der Waals surface area contributed by atoms with E-state index in [1.807, 2.05) is 6.92 Å². The fourth-order valence-corrected chi connectivity index (χ4v) is 2.03. The molecule has 0 radical (unpaired) electrons. The Balaban J connectivity index is 2.81. The summed E-state index contributed by atoms with van der Waals surface area (Å²) in [6.07, 6.45) is -3.88. The lowest BCUT2D eigenvalue weighted by molar-refractivity contribution is -0.155. The van der Waals surface area contributed by atoms with E-state index in [-0.39, 0.29) is 6.42 Å². The van der Waals surface area contributed by atoms with Crippen LogP contribution in [0.5, 0.6) is 0 Å². The zero-order valence-electron chi connectivity index (χ0n) is 9.28. The smallest absolute Gasteiger partial charge is 0.184 e. The van der Waals surface area contributed by atoms with Crippen molar-refractivity contribution in [3.05, 3.63) is 0 Å². The second kappa shape index (κ2) is 5.39. The quantitative estimate of drug-likeness (QED) is 0.391. The molecular formula is C10H20O6. The van der Waals surface area contributed by atoms with E-state index >= 15 is 0 Å². The van der Waals surface area contributed by atoms with Crippen LogP contribution in [0.2, 0.25) is 0 Å². The number of aliphatic hydroxyl groups excluding tert-OH is 4. The summed E-state index contributed by atoms with van der Waals surface area (Å²) < 4.78 is 4.88. The third-order valence-corrected chi connectivity index (χ3v) is 3.03. The van der Waals surface area contributed by atoms with E-state index in [1.165, 1.54) is 0 Å². The van der Waals surface area contributed by atoms with E-state index in [1.54, 1.807) is 0 Å². The van der Waals surface area contributed by atoms with Crippen molar-refractivity contribution < 1.29 is 30.3 Å². The molecule has 0 spiro atoms. The predicted octanol–water partition coefficient (Wildman–Crippen LogP) is -1.66. The summed E-state index contributed by atoms with van der Waals surface area (Å²) in [4.78, 5) is 0. The van der Waals surface area contributed by atoms with Crippen LogP contribution in [0.15, 0.2) is 0 Å². The second-order valence-electron chi connectivity index (χ2n) is 4.24. The fraction of sp³-hybridized carbons (Fsp3) is 1.00. The predicted molar refractivity (Wildman–Crippen MR) is 54.5 cm³/mol. The molecule has 1 aliphatic heterocycles. The lowest BCUT2D eigenvalue weighted by Crippen LogP contribution is -2.53. The van der Waals surface area contributed by atoms with Crippen molar-refractivity contribution in [2.75, 3.05) is 6.61 Å². The Morgan fingerprint density at radius 2 is 2.00 bits per heavy atom. The maximum absolute atomic E-state index is 10.2. The molecule has 1 rings (SSSR count). The Morgan fingerprint density at radius 1 is 1.38 bits per heavy atom. The number of unbranched alkanes of at least 4 members (excludes halogenated alkanes) is 1. The molecular weight excluding hydrogens is 216 g/mol. The molecule has 1 fully saturated rings. The number of aliphatic hydroxyl groups is 5. The van der Waals surface area contributed by atoms with E-state index in [2.05, 4.69) is 0 Å². The molecule has 1 unspecified atom stereocenters. The minimum atomic E-state index is -1.71. The molecule has 1 heterocycles. The van der Waals surface area contributed by atoms with Crippen LogP contribution < -0.4 is 0 Å². The van der Waals surface area contributed by atoms with Gasteiger partial charge < -0.3 is 30.3 Å². The number of rotatable bonds is 5. The van der Waals surface area contributed by atoms with Gasteiger partial charge in [-0.1, -0.05) is 19.8 Å². The second-order valence-corrected chi connectivity index (χ2v) is 4.24. The molecule has 0 amide bonds. The van der Waals surface area contributed by atoms with Gasteiger partial charge >= 0.3 is 0 Å². The zero-order valence-corrected chi connectivity index (χ0v) is 9.28. The molecule has 0 aliphatic carbocycles. The van der Waals surface area contributed by atoms with Gasteiger partial charge in [0.15, 0.2) is 6.29 Å². The van der Waals surface area contributed by atoms with Gasteiger partial charge in [0.05, 0.1) is 6.61 Å². The van der Waals surface area contributed by atoms with Gasteiger partial charge in [-0.25, -0.2) is 0 Å². The number of ether oxygens (including phenoxy) is 1. The molecule has 1 saturated heterocycles. The Bertz CT molecular complexity index is 223. The van der Waals surface area contributed by atoms with Crippen molar-refractivity contribution >= 4 is 0 Å². The van der Waals surface area contributed by atoms with Crippen LogP contribution in [-0.2, 0) is 4.74 Å². The summed E-state index contributed by atoms with van der Waals surface area (Å²) in [5.74, 6) is 0. The maximum Gasteiger partial charge on any atom is 0.184 e. The highest BCUT2D eigenvalue weighted by Gasteiger charge is 2.56. The molecule has 6 nitrogen and oxygen atoms in total. The average molecular weight is 236 g/mol. The van der Waals surface area contributed by atoms with Crippen LogP contribution in [0.4, 0.5) is 0 Å². The van der Waals surface area contributed by atoms with Crippen molar-refractivity contribution in [3.8, 4) is 0 Å². The minimum Gasteiger partial charge on any atom is -0.394 e. The fourth-order valence-electron chi connectivity index (χ4n) is 2.03. The Morgan fingerprint density at radius 3 is 2.50 bits per heavy atom. The van der Waals surface area contributed by atoms with Crippen LogP contribution in [0.1, 0.15) is 26.2 Å². The first-order valence-corrected chi connectivity index (χ1v) is 5.50. The van der Waals surface area contributed by atoms with Crippen LogP contribution >= 0.6 is 0 Å². The summed E-state index contributed by atoms with van der Waals surface area (Å²) in [5, 5.41) is 47.5. The third-order valence-electron chi connectivity index (χ3n) is 3.03. The highest BCUT2D eigenvalue weighted by Crippen LogP contribution is 2.36. The van der Waals surface area contributed by atoms with E-state index in [9.17, 15) is 20.4 Å². The normalized spacial score (nSPS) is 41.2. The molecule has 0 saturated carbocycles. The largest absolute Gasteiger partial charge is 0.394 e. The first kappa shape index (κ1) is 13.8. The third kappa shape index (κ3) is 2.37. The van der Waals surface area contributed by atoms with E-state index in [0.29, 0.717) is 6.42 Å². The lowest BCUT2D eigenvalue weighted by Gasteiger charge is -2.32. The van der Waals surface area contributed by atoms with Crippen molar-refractivity contribution in [1.82, 2.24) is 0 Å². The average Bonchev–Trinajstić information content (AvgIpc) is 2.51. The molecule has 1 aliphatic rings. The number of hydrogen-bond acceptors (Lipinski definition) is 6. The van der Waals surface area contributed by atoms with Gasteiger partial charge in [-0.2, -0.15) is 0 Å². The van der Waals surface area contributed by atoms with Gasteiger partial charge in [0.2, 0.25) is 0 Å². The standard InChI is InChI=1S/C10H20O6/c1-2-3-4-10(15)7(13)9(14)16-8(10)6(12)5-11/h6-9,11-15H,2-5H2,1H3/t6-,7+,8-,9?,10-/m1/s1. The van der Waals surface area contributed by atoms with E-state index < -0.39 is 36.8 Å². The molecule has 0 aromatic rings. The molecule has 16 heavy (non-hydrogen) atoms. The SMILES string of the molecule is CCCC[C@]1(O)[C@@H]([C@H](O)CO)OC(O)[C@@H]1O. The van der Waals surface area contributed by atoms with Crippen LogP contribution in [0.3, 0.4) is 0 Å². The van der Waals surface area contributed by atoms with E-state index in [0.717, 1.165) is 6.42 Å². The first-order valence-electron chi connectivity index (χ1n) is 5.50. The molecule has 6 heteroatoms. The van der Waals surface area contributed by atoms with Crippen molar-refractivity contribution in [1.29, 1.82) is 0 Å². The number of hydrogen-bond donors (Lipinski definition) is 5. The Labute approximate surface area is 94.1 Å². The van der Waals surface area contributed by atoms with E-state index in [4.69, 9.17) is 9.84 Å². The van der Waals surface area contributed by atoms with Crippen molar-refractivity contribution in [2.45, 2.75) is 56.4 Å². The summed E-state index contributed by atoms with van der Waals surface area (Å²) in [7, 11) is 0.